The molecule has 0 saturated carbocycles. The van der Waals surface area contributed by atoms with Crippen molar-refractivity contribution in [2.24, 2.45) is 0 Å². The number of esters is 1. The first kappa shape index (κ1) is 23.7. The van der Waals surface area contributed by atoms with Crippen molar-refractivity contribution in [3.05, 3.63) is 65.2 Å². The number of hydrogen-bond acceptors (Lipinski definition) is 8. The first-order chi connectivity index (χ1) is 16.5. The van der Waals surface area contributed by atoms with Gasteiger partial charge in [-0.1, -0.05) is 47.7 Å². The Morgan fingerprint density at radius 3 is 2.62 bits per heavy atom. The van der Waals surface area contributed by atoms with Crippen molar-refractivity contribution in [2.75, 3.05) is 18.2 Å². The summed E-state index contributed by atoms with van der Waals surface area (Å²) < 4.78 is 6.91. The molecule has 0 atom stereocenters. The van der Waals surface area contributed by atoms with Crippen LogP contribution in [-0.4, -0.2) is 44.5 Å². The third-order valence-electron chi connectivity index (χ3n) is 5.06. The van der Waals surface area contributed by atoms with Gasteiger partial charge in [0.25, 0.3) is 0 Å². The smallest absolute Gasteiger partial charge is 0.341 e. The summed E-state index contributed by atoms with van der Waals surface area (Å²) >= 11 is 2.57. The molecule has 1 aromatic carbocycles. The molecule has 8 nitrogen and oxygen atoms in total. The number of anilines is 1. The number of ether oxygens (including phenoxy) is 1. The minimum Gasteiger partial charge on any atom is -0.465 e. The van der Waals surface area contributed by atoms with Gasteiger partial charge in [0.15, 0.2) is 11.0 Å². The standard InChI is InChI=1S/C24H23N5O3S2/c1-4-29-21(18-7-5-6-12-25-18)27-28-24(29)34-14-19(30)26-22-20(23(31)32-3)17(13-33-22)16-10-8-15(2)9-11-16/h5-13H,4,14H2,1-3H3,(H,26,30). The van der Waals surface area contributed by atoms with Crippen LogP contribution in [0.4, 0.5) is 5.00 Å². The predicted molar refractivity (Wildman–Crippen MR) is 134 cm³/mol. The maximum Gasteiger partial charge on any atom is 0.341 e. The Morgan fingerprint density at radius 1 is 1.15 bits per heavy atom. The number of carbonyl (C=O) groups is 2. The summed E-state index contributed by atoms with van der Waals surface area (Å²) in [6, 6.07) is 13.5. The lowest BCUT2D eigenvalue weighted by molar-refractivity contribution is -0.113. The van der Waals surface area contributed by atoms with E-state index in [2.05, 4.69) is 20.5 Å². The van der Waals surface area contributed by atoms with Crippen molar-refractivity contribution >= 4 is 40.0 Å². The molecule has 0 fully saturated rings. The Balaban J connectivity index is 1.50. The Bertz CT molecular complexity index is 1300. The van der Waals surface area contributed by atoms with Crippen LogP contribution in [0.15, 0.2) is 59.2 Å². The molecular weight excluding hydrogens is 470 g/mol. The summed E-state index contributed by atoms with van der Waals surface area (Å²) in [5.74, 6) is 0.0154. The maximum absolute atomic E-state index is 12.8. The summed E-state index contributed by atoms with van der Waals surface area (Å²) in [7, 11) is 1.33. The average molecular weight is 494 g/mol. The van der Waals surface area contributed by atoms with Gasteiger partial charge < -0.3 is 14.6 Å². The number of thioether (sulfide) groups is 1. The molecule has 4 rings (SSSR count). The number of carbonyl (C=O) groups excluding carboxylic acids is 2. The number of nitrogens with zero attached hydrogens (tertiary/aromatic N) is 4. The molecule has 34 heavy (non-hydrogen) atoms. The first-order valence-corrected chi connectivity index (χ1v) is 12.4. The summed E-state index contributed by atoms with van der Waals surface area (Å²) in [5, 5.41) is 14.3. The second-order valence-electron chi connectivity index (χ2n) is 7.31. The molecule has 0 aliphatic rings. The molecule has 1 N–H and O–H groups in total. The normalized spacial score (nSPS) is 10.8. The summed E-state index contributed by atoms with van der Waals surface area (Å²) in [6.45, 7) is 4.63. The van der Waals surface area contributed by atoms with Gasteiger partial charge in [-0.15, -0.1) is 21.5 Å². The molecule has 4 aromatic rings. The third kappa shape index (κ3) is 5.02. The molecular formula is C24H23N5O3S2. The molecule has 0 unspecified atom stereocenters. The van der Waals surface area contributed by atoms with Crippen LogP contribution in [0.1, 0.15) is 22.8 Å². The van der Waals surface area contributed by atoms with Crippen LogP contribution in [0.25, 0.3) is 22.6 Å². The zero-order valence-corrected chi connectivity index (χ0v) is 20.6. The van der Waals surface area contributed by atoms with E-state index in [1.165, 1.54) is 30.2 Å². The lowest BCUT2D eigenvalue weighted by Crippen LogP contribution is -2.16. The minimum atomic E-state index is -0.495. The van der Waals surface area contributed by atoms with E-state index >= 15 is 0 Å². The Hall–Kier alpha value is -3.50. The third-order valence-corrected chi connectivity index (χ3v) is 6.92. The van der Waals surface area contributed by atoms with Crippen LogP contribution in [0, 0.1) is 6.92 Å². The highest BCUT2D eigenvalue weighted by atomic mass is 32.2. The fourth-order valence-electron chi connectivity index (χ4n) is 3.36. The molecule has 0 aliphatic heterocycles. The SMILES string of the molecule is CCn1c(SCC(=O)Nc2scc(-c3ccc(C)cc3)c2C(=O)OC)nnc1-c1ccccn1. The second-order valence-corrected chi connectivity index (χ2v) is 9.14. The number of pyridine rings is 1. The number of aromatic nitrogens is 4. The largest absolute Gasteiger partial charge is 0.465 e. The first-order valence-electron chi connectivity index (χ1n) is 10.6. The van der Waals surface area contributed by atoms with E-state index in [-0.39, 0.29) is 11.7 Å². The van der Waals surface area contributed by atoms with Gasteiger partial charge in [0, 0.05) is 23.7 Å². The van der Waals surface area contributed by atoms with Gasteiger partial charge in [-0.25, -0.2) is 4.79 Å². The molecule has 10 heteroatoms. The summed E-state index contributed by atoms with van der Waals surface area (Å²) in [5.41, 5.74) is 3.80. The van der Waals surface area contributed by atoms with E-state index < -0.39 is 5.97 Å². The van der Waals surface area contributed by atoms with Crippen LogP contribution in [0.5, 0.6) is 0 Å². The van der Waals surface area contributed by atoms with Gasteiger partial charge in [0.1, 0.15) is 16.3 Å². The fourth-order valence-corrected chi connectivity index (χ4v) is 5.13. The van der Waals surface area contributed by atoms with Crippen molar-refractivity contribution in [3.63, 3.8) is 0 Å². The monoisotopic (exact) mass is 493 g/mol. The van der Waals surface area contributed by atoms with Gasteiger partial charge in [-0.3, -0.25) is 9.78 Å². The number of benzene rings is 1. The van der Waals surface area contributed by atoms with Crippen molar-refractivity contribution in [1.29, 1.82) is 0 Å². The minimum absolute atomic E-state index is 0.110. The number of hydrogen-bond donors (Lipinski definition) is 1. The molecule has 3 aromatic heterocycles. The Labute approximate surface area is 205 Å². The molecule has 0 spiro atoms. The number of thiophene rings is 1. The van der Waals surface area contributed by atoms with Crippen molar-refractivity contribution < 1.29 is 14.3 Å². The van der Waals surface area contributed by atoms with Crippen LogP contribution in [0.2, 0.25) is 0 Å². The van der Waals surface area contributed by atoms with E-state index in [1.807, 2.05) is 66.3 Å². The van der Waals surface area contributed by atoms with Crippen LogP contribution in [0.3, 0.4) is 0 Å². The Morgan fingerprint density at radius 2 is 1.94 bits per heavy atom. The maximum atomic E-state index is 12.8. The van der Waals surface area contributed by atoms with Gasteiger partial charge in [0.05, 0.1) is 12.9 Å². The van der Waals surface area contributed by atoms with E-state index in [0.717, 1.165) is 22.4 Å². The van der Waals surface area contributed by atoms with E-state index in [0.29, 0.717) is 28.1 Å². The van der Waals surface area contributed by atoms with Crippen LogP contribution >= 0.6 is 23.1 Å². The van der Waals surface area contributed by atoms with E-state index in [1.54, 1.807) is 6.20 Å². The van der Waals surface area contributed by atoms with Crippen molar-refractivity contribution in [3.8, 4) is 22.6 Å². The zero-order chi connectivity index (χ0) is 24.1. The van der Waals surface area contributed by atoms with Crippen molar-refractivity contribution in [2.45, 2.75) is 25.5 Å². The number of rotatable bonds is 8. The molecule has 0 saturated heterocycles. The lowest BCUT2D eigenvalue weighted by atomic mass is 10.0. The van der Waals surface area contributed by atoms with Crippen LogP contribution < -0.4 is 5.32 Å². The molecule has 174 valence electrons. The summed E-state index contributed by atoms with van der Waals surface area (Å²) in [6.07, 6.45) is 1.70. The molecule has 3 heterocycles. The highest BCUT2D eigenvalue weighted by Gasteiger charge is 2.23. The number of amides is 1. The molecule has 0 radical (unpaired) electrons. The lowest BCUT2D eigenvalue weighted by Gasteiger charge is -2.09. The van der Waals surface area contributed by atoms with Gasteiger partial charge in [0.2, 0.25) is 5.91 Å². The van der Waals surface area contributed by atoms with Crippen LogP contribution in [-0.2, 0) is 16.1 Å². The van der Waals surface area contributed by atoms with Gasteiger partial charge in [-0.2, -0.15) is 0 Å². The molecule has 0 bridgehead atoms. The topological polar surface area (TPSA) is 99.0 Å². The van der Waals surface area contributed by atoms with Gasteiger partial charge in [-0.05, 0) is 31.5 Å². The highest BCUT2D eigenvalue weighted by Crippen LogP contribution is 2.36. The zero-order valence-electron chi connectivity index (χ0n) is 18.9. The Kier molecular flexibility index (Phi) is 7.39. The quantitative estimate of drug-likeness (QED) is 0.275. The predicted octanol–water partition coefficient (Wildman–Crippen LogP) is 4.91. The van der Waals surface area contributed by atoms with Crippen molar-refractivity contribution in [1.82, 2.24) is 19.7 Å². The molecule has 0 aliphatic carbocycles. The second kappa shape index (κ2) is 10.6. The fraction of sp³-hybridized carbons (Fsp3) is 0.208. The van der Waals surface area contributed by atoms with E-state index in [4.69, 9.17) is 4.74 Å². The average Bonchev–Trinajstić information content (AvgIpc) is 3.47. The van der Waals surface area contributed by atoms with E-state index in [9.17, 15) is 9.59 Å². The molecule has 1 amide bonds. The summed E-state index contributed by atoms with van der Waals surface area (Å²) in [4.78, 5) is 29.6. The number of aryl methyl sites for hydroxylation is 1. The number of methoxy groups -OCH3 is 1. The van der Waals surface area contributed by atoms with Gasteiger partial charge >= 0.3 is 5.97 Å². The number of nitrogens with one attached hydrogen (secondary N) is 1. The highest BCUT2D eigenvalue weighted by molar-refractivity contribution is 7.99.